The molecule has 2 heterocycles. The molecule has 1 aliphatic rings. The van der Waals surface area contributed by atoms with Gasteiger partial charge >= 0.3 is 0 Å². The molecule has 18 heavy (non-hydrogen) atoms. The van der Waals surface area contributed by atoms with Crippen molar-refractivity contribution in [2.45, 2.75) is 19.3 Å². The van der Waals surface area contributed by atoms with Gasteiger partial charge in [0.15, 0.2) is 0 Å². The van der Waals surface area contributed by atoms with Gasteiger partial charge in [-0.1, -0.05) is 6.07 Å². The third kappa shape index (κ3) is 2.10. The number of fused-ring (bicyclic) bond motifs is 1. The minimum Gasteiger partial charge on any atom is -0.495 e. The van der Waals surface area contributed by atoms with E-state index in [1.54, 1.807) is 7.11 Å². The molecule has 0 bridgehead atoms. The number of ether oxygens (including phenoxy) is 1. The Morgan fingerprint density at radius 1 is 1.22 bits per heavy atom. The summed E-state index contributed by atoms with van der Waals surface area (Å²) in [6, 6.07) is 6.46. The van der Waals surface area contributed by atoms with Crippen LogP contribution in [0.3, 0.4) is 0 Å². The molecule has 0 unspecified atom stereocenters. The molecule has 0 spiro atoms. The van der Waals surface area contributed by atoms with Gasteiger partial charge in [-0.3, -0.25) is 0 Å². The van der Waals surface area contributed by atoms with Gasteiger partial charge in [0.25, 0.3) is 0 Å². The van der Waals surface area contributed by atoms with Crippen LogP contribution in [0, 0.1) is 5.92 Å². The Morgan fingerprint density at radius 3 is 2.83 bits per heavy atom. The number of hydrogen-bond donors (Lipinski definition) is 2. The molecule has 0 radical (unpaired) electrons. The number of methoxy groups -OCH3 is 1. The van der Waals surface area contributed by atoms with Gasteiger partial charge in [0.2, 0.25) is 0 Å². The van der Waals surface area contributed by atoms with E-state index in [9.17, 15) is 0 Å². The number of aromatic amines is 1. The number of H-pyrrole nitrogens is 1. The highest BCUT2D eigenvalue weighted by Crippen LogP contribution is 2.30. The van der Waals surface area contributed by atoms with Crippen LogP contribution in [0.15, 0.2) is 24.4 Å². The molecule has 96 valence electrons. The Bertz CT molecular complexity index is 526. The Labute approximate surface area is 108 Å². The van der Waals surface area contributed by atoms with E-state index in [1.807, 2.05) is 6.20 Å². The highest BCUT2D eigenvalue weighted by molar-refractivity contribution is 5.88. The molecule has 1 aliphatic heterocycles. The smallest absolute Gasteiger partial charge is 0.142 e. The zero-order valence-electron chi connectivity index (χ0n) is 10.8. The molecule has 0 saturated carbocycles. The quantitative estimate of drug-likeness (QED) is 0.871. The van der Waals surface area contributed by atoms with Crippen LogP contribution in [0.25, 0.3) is 10.9 Å². The summed E-state index contributed by atoms with van der Waals surface area (Å²) < 4.78 is 5.39. The number of piperidine rings is 1. The van der Waals surface area contributed by atoms with E-state index >= 15 is 0 Å². The Kier molecular flexibility index (Phi) is 3.24. The second-order valence-corrected chi connectivity index (χ2v) is 5.09. The van der Waals surface area contributed by atoms with Crippen LogP contribution in [0.1, 0.15) is 18.4 Å². The zero-order chi connectivity index (χ0) is 12.4. The van der Waals surface area contributed by atoms with E-state index < -0.39 is 0 Å². The van der Waals surface area contributed by atoms with Crippen LogP contribution in [0.5, 0.6) is 5.75 Å². The van der Waals surface area contributed by atoms with Crippen molar-refractivity contribution < 1.29 is 4.74 Å². The van der Waals surface area contributed by atoms with Crippen molar-refractivity contribution in [3.05, 3.63) is 30.0 Å². The third-order valence-corrected chi connectivity index (χ3v) is 3.96. The maximum Gasteiger partial charge on any atom is 0.142 e. The summed E-state index contributed by atoms with van der Waals surface area (Å²) in [4.78, 5) is 3.28. The van der Waals surface area contributed by atoms with E-state index in [-0.39, 0.29) is 0 Å². The van der Waals surface area contributed by atoms with Gasteiger partial charge in [0.05, 0.1) is 12.6 Å². The van der Waals surface area contributed by atoms with Crippen LogP contribution in [-0.2, 0) is 6.42 Å². The van der Waals surface area contributed by atoms with Crippen molar-refractivity contribution in [2.75, 3.05) is 20.2 Å². The van der Waals surface area contributed by atoms with Crippen LogP contribution >= 0.6 is 0 Å². The van der Waals surface area contributed by atoms with Crippen LogP contribution in [0.4, 0.5) is 0 Å². The fraction of sp³-hybridized carbons (Fsp3) is 0.467. The molecule has 0 atom stereocenters. The topological polar surface area (TPSA) is 37.0 Å². The van der Waals surface area contributed by atoms with Crippen LogP contribution in [-0.4, -0.2) is 25.2 Å². The Balaban J connectivity index is 1.89. The molecule has 3 nitrogen and oxygen atoms in total. The third-order valence-electron chi connectivity index (χ3n) is 3.96. The highest BCUT2D eigenvalue weighted by atomic mass is 16.5. The average Bonchev–Trinajstić information content (AvgIpc) is 2.90. The molecule has 1 saturated heterocycles. The monoisotopic (exact) mass is 244 g/mol. The van der Waals surface area contributed by atoms with Crippen molar-refractivity contribution in [3.63, 3.8) is 0 Å². The molecule has 1 aromatic carbocycles. The van der Waals surface area contributed by atoms with Crippen molar-refractivity contribution in [3.8, 4) is 5.75 Å². The zero-order valence-corrected chi connectivity index (χ0v) is 10.8. The predicted octanol–water partition coefficient (Wildman–Crippen LogP) is 2.72. The maximum absolute atomic E-state index is 5.39. The largest absolute Gasteiger partial charge is 0.495 e. The minimum absolute atomic E-state index is 0.817. The first-order valence-corrected chi connectivity index (χ1v) is 6.72. The lowest BCUT2D eigenvalue weighted by atomic mass is 9.90. The van der Waals surface area contributed by atoms with Gasteiger partial charge in [-0.25, -0.2) is 0 Å². The summed E-state index contributed by atoms with van der Waals surface area (Å²) >= 11 is 0. The number of rotatable bonds is 3. The number of benzene rings is 1. The van der Waals surface area contributed by atoms with E-state index in [1.165, 1.54) is 30.2 Å². The molecule has 0 aliphatic carbocycles. The number of nitrogens with one attached hydrogen (secondary N) is 2. The first-order valence-electron chi connectivity index (χ1n) is 6.72. The molecule has 0 amide bonds. The number of aromatic nitrogens is 1. The summed E-state index contributed by atoms with van der Waals surface area (Å²) in [5.74, 6) is 1.75. The molecule has 2 aromatic rings. The average molecular weight is 244 g/mol. The van der Waals surface area contributed by atoms with E-state index in [4.69, 9.17) is 4.74 Å². The molecular formula is C15H20N2O. The fourth-order valence-corrected chi connectivity index (χ4v) is 2.94. The Morgan fingerprint density at radius 2 is 2.06 bits per heavy atom. The fourth-order valence-electron chi connectivity index (χ4n) is 2.94. The highest BCUT2D eigenvalue weighted by Gasteiger charge is 2.16. The first kappa shape index (κ1) is 11.6. The van der Waals surface area contributed by atoms with Gasteiger partial charge in [0.1, 0.15) is 5.75 Å². The van der Waals surface area contributed by atoms with Crippen LogP contribution in [0.2, 0.25) is 0 Å². The minimum atomic E-state index is 0.817. The van der Waals surface area contributed by atoms with E-state index in [2.05, 4.69) is 28.5 Å². The second kappa shape index (κ2) is 5.02. The van der Waals surface area contributed by atoms with Gasteiger partial charge in [0, 0.05) is 11.6 Å². The van der Waals surface area contributed by atoms with Crippen molar-refractivity contribution in [1.82, 2.24) is 10.3 Å². The summed E-state index contributed by atoms with van der Waals surface area (Å²) in [6.45, 7) is 2.33. The summed E-state index contributed by atoms with van der Waals surface area (Å²) in [5, 5.41) is 4.74. The second-order valence-electron chi connectivity index (χ2n) is 5.09. The van der Waals surface area contributed by atoms with Crippen molar-refractivity contribution in [2.24, 2.45) is 5.92 Å². The lowest BCUT2D eigenvalue weighted by Gasteiger charge is -2.23. The van der Waals surface area contributed by atoms with Gasteiger partial charge in [-0.15, -0.1) is 0 Å². The normalized spacial score (nSPS) is 17.2. The number of hydrogen-bond acceptors (Lipinski definition) is 2. The predicted molar refractivity (Wildman–Crippen MR) is 74.1 cm³/mol. The van der Waals surface area contributed by atoms with Gasteiger partial charge < -0.3 is 15.0 Å². The summed E-state index contributed by atoms with van der Waals surface area (Å²) in [7, 11) is 1.72. The molecular weight excluding hydrogens is 224 g/mol. The SMILES string of the molecule is COc1ccc(CC2CCNCC2)c2cc[nH]c12. The van der Waals surface area contributed by atoms with E-state index in [0.717, 1.165) is 30.3 Å². The molecule has 3 rings (SSSR count). The van der Waals surface area contributed by atoms with Crippen molar-refractivity contribution >= 4 is 10.9 Å². The van der Waals surface area contributed by atoms with Gasteiger partial charge in [-0.05, 0) is 56.0 Å². The molecule has 1 aromatic heterocycles. The van der Waals surface area contributed by atoms with Crippen LogP contribution < -0.4 is 10.1 Å². The van der Waals surface area contributed by atoms with E-state index in [0.29, 0.717) is 0 Å². The maximum atomic E-state index is 5.39. The standard InChI is InChI=1S/C15H20N2O/c1-18-14-3-2-12(13-6-9-17-15(13)14)10-11-4-7-16-8-5-11/h2-3,6,9,11,16-17H,4-5,7-8,10H2,1H3. The molecule has 2 N–H and O–H groups in total. The lowest BCUT2D eigenvalue weighted by molar-refractivity contribution is 0.373. The molecule has 1 fully saturated rings. The summed E-state index contributed by atoms with van der Waals surface area (Å²) in [5.41, 5.74) is 2.57. The Hall–Kier alpha value is -1.48. The first-order chi connectivity index (χ1) is 8.88. The van der Waals surface area contributed by atoms with Gasteiger partial charge in [-0.2, -0.15) is 0 Å². The van der Waals surface area contributed by atoms with Crippen molar-refractivity contribution in [1.29, 1.82) is 0 Å². The lowest BCUT2D eigenvalue weighted by Crippen LogP contribution is -2.28. The molecule has 3 heteroatoms. The summed E-state index contributed by atoms with van der Waals surface area (Å²) in [6.07, 6.45) is 5.76.